The van der Waals surface area contributed by atoms with Gasteiger partial charge in [-0.3, -0.25) is 9.71 Å². The van der Waals surface area contributed by atoms with E-state index in [4.69, 9.17) is 5.73 Å². The first kappa shape index (κ1) is 16.1. The molecule has 0 amide bonds. The number of amidine groups is 1. The van der Waals surface area contributed by atoms with Crippen molar-refractivity contribution in [2.75, 3.05) is 4.72 Å². The lowest BCUT2D eigenvalue weighted by Crippen LogP contribution is -2.14. The average Bonchev–Trinajstić information content (AvgIpc) is 3.08. The Balaban J connectivity index is 1.80. The molecule has 122 valence electrons. The fourth-order valence-electron chi connectivity index (χ4n) is 1.86. The molecule has 0 aliphatic carbocycles. The Kier molecular flexibility index (Phi) is 4.54. The second kappa shape index (κ2) is 6.77. The third kappa shape index (κ3) is 3.76. The molecule has 2 heterocycles. The Bertz CT molecular complexity index is 937. The van der Waals surface area contributed by atoms with Gasteiger partial charge in [-0.1, -0.05) is 6.07 Å². The molecule has 0 radical (unpaired) electrons. The number of nitrogens with zero attached hydrogens (tertiary/aromatic N) is 3. The second-order valence-corrected chi connectivity index (χ2v) is 7.23. The molecule has 0 fully saturated rings. The molecule has 0 aliphatic rings. The fraction of sp³-hybridized carbons (Fsp3) is 0. The minimum absolute atomic E-state index is 0.119. The minimum atomic E-state index is -3.67. The number of rotatable bonds is 5. The largest absolute Gasteiger partial charge is 0.382 e. The molecule has 0 unspecified atom stereocenters. The Morgan fingerprint density at radius 3 is 2.50 bits per heavy atom. The standard InChI is InChI=1S/C15H13N5O2S2/c16-14(13-3-1-2-8-17-13)19-11-4-6-12(7-5-11)24(21,22)20-15-18-9-10-23-15/h1-10H,(H2,16,19)(H,18,20). The van der Waals surface area contributed by atoms with Gasteiger partial charge in [0.05, 0.1) is 10.6 Å². The summed E-state index contributed by atoms with van der Waals surface area (Å²) in [5, 5.41) is 2.01. The highest BCUT2D eigenvalue weighted by atomic mass is 32.2. The van der Waals surface area contributed by atoms with Crippen LogP contribution in [-0.4, -0.2) is 24.2 Å². The number of hydrogen-bond acceptors (Lipinski definition) is 6. The van der Waals surface area contributed by atoms with Crippen LogP contribution < -0.4 is 10.5 Å². The third-order valence-corrected chi connectivity index (χ3v) is 5.15. The van der Waals surface area contributed by atoms with E-state index in [0.717, 1.165) is 0 Å². The molecule has 24 heavy (non-hydrogen) atoms. The smallest absolute Gasteiger partial charge is 0.263 e. The van der Waals surface area contributed by atoms with Gasteiger partial charge >= 0.3 is 0 Å². The lowest BCUT2D eigenvalue weighted by molar-refractivity contribution is 0.601. The summed E-state index contributed by atoms with van der Waals surface area (Å²) < 4.78 is 26.9. The molecule has 0 saturated heterocycles. The van der Waals surface area contributed by atoms with E-state index in [0.29, 0.717) is 16.5 Å². The van der Waals surface area contributed by atoms with Gasteiger partial charge in [0.2, 0.25) is 0 Å². The predicted molar refractivity (Wildman–Crippen MR) is 94.0 cm³/mol. The van der Waals surface area contributed by atoms with Crippen molar-refractivity contribution >= 4 is 38.0 Å². The fourth-order valence-corrected chi connectivity index (χ4v) is 3.65. The number of aliphatic imine (C=N–C) groups is 1. The van der Waals surface area contributed by atoms with Crippen LogP contribution in [0.1, 0.15) is 5.69 Å². The summed E-state index contributed by atoms with van der Waals surface area (Å²) in [4.78, 5) is 12.4. The van der Waals surface area contributed by atoms with Crippen molar-refractivity contribution in [3.05, 3.63) is 65.9 Å². The molecule has 3 N–H and O–H groups in total. The number of aromatic nitrogens is 2. The molecular weight excluding hydrogens is 346 g/mol. The van der Waals surface area contributed by atoms with Gasteiger partial charge in [-0.2, -0.15) is 0 Å². The van der Waals surface area contributed by atoms with Crippen molar-refractivity contribution in [2.24, 2.45) is 10.7 Å². The van der Waals surface area contributed by atoms with Crippen LogP contribution in [0.4, 0.5) is 10.8 Å². The second-order valence-electron chi connectivity index (χ2n) is 4.65. The Morgan fingerprint density at radius 2 is 1.88 bits per heavy atom. The first-order valence-corrected chi connectivity index (χ1v) is 9.19. The summed E-state index contributed by atoms with van der Waals surface area (Å²) in [6.07, 6.45) is 3.15. The monoisotopic (exact) mass is 359 g/mol. The van der Waals surface area contributed by atoms with Crippen molar-refractivity contribution in [2.45, 2.75) is 4.90 Å². The van der Waals surface area contributed by atoms with E-state index in [2.05, 4.69) is 19.7 Å². The van der Waals surface area contributed by atoms with Gasteiger partial charge in [0.1, 0.15) is 11.5 Å². The SMILES string of the molecule is NC(=Nc1ccc(S(=O)(=O)Nc2nccs2)cc1)c1ccccn1. The van der Waals surface area contributed by atoms with Crippen molar-refractivity contribution in [3.63, 3.8) is 0 Å². The van der Waals surface area contributed by atoms with Crippen LogP contribution in [0.15, 0.2) is 70.1 Å². The molecule has 0 bridgehead atoms. The van der Waals surface area contributed by atoms with Gasteiger partial charge in [-0.25, -0.2) is 18.4 Å². The van der Waals surface area contributed by atoms with Gasteiger partial charge < -0.3 is 5.73 Å². The molecule has 3 rings (SSSR count). The third-order valence-electron chi connectivity index (χ3n) is 2.98. The van der Waals surface area contributed by atoms with E-state index in [1.807, 2.05) is 6.07 Å². The zero-order valence-electron chi connectivity index (χ0n) is 12.3. The van der Waals surface area contributed by atoms with Crippen LogP contribution in [0, 0.1) is 0 Å². The number of anilines is 1. The summed E-state index contributed by atoms with van der Waals surface area (Å²) in [5.41, 5.74) is 6.98. The molecule has 3 aromatic rings. The van der Waals surface area contributed by atoms with Gasteiger partial charge in [0, 0.05) is 17.8 Å². The minimum Gasteiger partial charge on any atom is -0.382 e. The average molecular weight is 359 g/mol. The lowest BCUT2D eigenvalue weighted by atomic mass is 10.3. The van der Waals surface area contributed by atoms with E-state index in [1.54, 1.807) is 35.8 Å². The van der Waals surface area contributed by atoms with E-state index in [9.17, 15) is 8.42 Å². The highest BCUT2D eigenvalue weighted by Crippen LogP contribution is 2.20. The topological polar surface area (TPSA) is 110 Å². The summed E-state index contributed by atoms with van der Waals surface area (Å²) in [7, 11) is -3.67. The Morgan fingerprint density at radius 1 is 1.08 bits per heavy atom. The first-order valence-electron chi connectivity index (χ1n) is 6.82. The summed E-state index contributed by atoms with van der Waals surface area (Å²) >= 11 is 1.21. The quantitative estimate of drug-likeness (QED) is 0.537. The number of nitrogens with one attached hydrogen (secondary N) is 1. The molecule has 0 aliphatic heterocycles. The normalized spacial score (nSPS) is 12.1. The van der Waals surface area contributed by atoms with Crippen LogP contribution in [0.3, 0.4) is 0 Å². The molecule has 0 spiro atoms. The van der Waals surface area contributed by atoms with E-state index in [-0.39, 0.29) is 10.7 Å². The summed E-state index contributed by atoms with van der Waals surface area (Å²) in [6.45, 7) is 0. The number of pyridine rings is 1. The van der Waals surface area contributed by atoms with E-state index in [1.165, 1.54) is 29.7 Å². The van der Waals surface area contributed by atoms with E-state index >= 15 is 0 Å². The van der Waals surface area contributed by atoms with Crippen molar-refractivity contribution in [1.82, 2.24) is 9.97 Å². The van der Waals surface area contributed by atoms with Crippen LogP contribution in [-0.2, 0) is 10.0 Å². The van der Waals surface area contributed by atoms with E-state index < -0.39 is 10.0 Å². The molecule has 0 atom stereocenters. The first-order chi connectivity index (χ1) is 11.5. The molecular formula is C15H13N5O2S2. The van der Waals surface area contributed by atoms with Crippen molar-refractivity contribution < 1.29 is 8.42 Å². The predicted octanol–water partition coefficient (Wildman–Crippen LogP) is 2.38. The van der Waals surface area contributed by atoms with Gasteiger partial charge in [0.25, 0.3) is 10.0 Å². The van der Waals surface area contributed by atoms with Gasteiger partial charge in [0.15, 0.2) is 5.13 Å². The number of thiazole rings is 1. The number of sulfonamides is 1. The zero-order valence-corrected chi connectivity index (χ0v) is 14.0. The highest BCUT2D eigenvalue weighted by Gasteiger charge is 2.15. The highest BCUT2D eigenvalue weighted by molar-refractivity contribution is 7.93. The van der Waals surface area contributed by atoms with Crippen LogP contribution in [0.25, 0.3) is 0 Å². The van der Waals surface area contributed by atoms with Gasteiger partial charge in [-0.05, 0) is 36.4 Å². The lowest BCUT2D eigenvalue weighted by Gasteiger charge is -2.05. The van der Waals surface area contributed by atoms with Crippen molar-refractivity contribution in [3.8, 4) is 0 Å². The summed E-state index contributed by atoms with van der Waals surface area (Å²) in [5.74, 6) is 0.257. The van der Waals surface area contributed by atoms with Crippen LogP contribution in [0.2, 0.25) is 0 Å². The van der Waals surface area contributed by atoms with Crippen LogP contribution >= 0.6 is 11.3 Å². The Hall–Kier alpha value is -2.78. The molecule has 0 saturated carbocycles. The summed E-state index contributed by atoms with van der Waals surface area (Å²) in [6, 6.07) is 11.4. The maximum atomic E-state index is 12.2. The molecule has 7 nitrogen and oxygen atoms in total. The van der Waals surface area contributed by atoms with Crippen molar-refractivity contribution in [1.29, 1.82) is 0 Å². The molecule has 1 aromatic carbocycles. The number of benzene rings is 1. The molecule has 2 aromatic heterocycles. The maximum Gasteiger partial charge on any atom is 0.263 e. The van der Waals surface area contributed by atoms with Gasteiger partial charge in [-0.15, -0.1) is 11.3 Å². The maximum absolute atomic E-state index is 12.2. The Labute approximate surface area is 143 Å². The number of hydrogen-bond donors (Lipinski definition) is 2. The zero-order chi connectivity index (χ0) is 17.0. The molecule has 9 heteroatoms. The number of nitrogens with two attached hydrogens (primary N) is 1. The van der Waals surface area contributed by atoms with Crippen LogP contribution in [0.5, 0.6) is 0 Å².